The van der Waals surface area contributed by atoms with E-state index in [2.05, 4.69) is 5.32 Å². The van der Waals surface area contributed by atoms with Crippen molar-refractivity contribution >= 4 is 11.8 Å². The average Bonchev–Trinajstić information content (AvgIpc) is 2.46. The van der Waals surface area contributed by atoms with Gasteiger partial charge in [-0.2, -0.15) is 0 Å². The molecule has 1 atom stereocenters. The molecule has 1 saturated heterocycles. The van der Waals surface area contributed by atoms with Crippen molar-refractivity contribution in [2.45, 2.75) is 6.04 Å². The fourth-order valence-electron chi connectivity index (χ4n) is 1.92. The maximum Gasteiger partial charge on any atom is 0.260 e. The van der Waals surface area contributed by atoms with Gasteiger partial charge in [0.2, 0.25) is 5.91 Å². The second kappa shape index (κ2) is 6.19. The molecule has 1 aromatic carbocycles. The highest BCUT2D eigenvalue weighted by atomic mass is 16.5. The summed E-state index contributed by atoms with van der Waals surface area (Å²) < 4.78 is 5.39. The lowest BCUT2D eigenvalue weighted by Gasteiger charge is -2.32. The molecule has 0 bridgehead atoms. The molecule has 0 saturated carbocycles. The number of nitrogens with one attached hydrogen (secondary N) is 1. The van der Waals surface area contributed by atoms with Crippen LogP contribution in [-0.2, 0) is 9.59 Å². The van der Waals surface area contributed by atoms with Gasteiger partial charge in [-0.05, 0) is 12.1 Å². The van der Waals surface area contributed by atoms with E-state index in [0.29, 0.717) is 25.4 Å². The molecule has 0 spiro atoms. The molecule has 1 heterocycles. The van der Waals surface area contributed by atoms with E-state index in [1.807, 2.05) is 18.2 Å². The number of primary amides is 1. The van der Waals surface area contributed by atoms with E-state index in [1.165, 1.54) is 0 Å². The Balaban J connectivity index is 1.84. The van der Waals surface area contributed by atoms with Crippen LogP contribution >= 0.6 is 0 Å². The number of ether oxygens (including phenoxy) is 1. The molecular formula is C13H17N3O3. The summed E-state index contributed by atoms with van der Waals surface area (Å²) in [4.78, 5) is 24.6. The van der Waals surface area contributed by atoms with Crippen molar-refractivity contribution in [3.63, 3.8) is 0 Å². The molecule has 19 heavy (non-hydrogen) atoms. The minimum absolute atomic E-state index is 0.0322. The topological polar surface area (TPSA) is 84.7 Å². The van der Waals surface area contributed by atoms with E-state index in [1.54, 1.807) is 17.0 Å². The van der Waals surface area contributed by atoms with Gasteiger partial charge in [0, 0.05) is 19.6 Å². The highest BCUT2D eigenvalue weighted by Gasteiger charge is 2.26. The van der Waals surface area contributed by atoms with Crippen molar-refractivity contribution in [1.82, 2.24) is 10.2 Å². The number of rotatable bonds is 4. The maximum atomic E-state index is 12.0. The zero-order valence-corrected chi connectivity index (χ0v) is 10.5. The average molecular weight is 263 g/mol. The van der Waals surface area contributed by atoms with Crippen LogP contribution < -0.4 is 15.8 Å². The Hall–Kier alpha value is -2.08. The number of benzene rings is 1. The van der Waals surface area contributed by atoms with Crippen LogP contribution in [0.15, 0.2) is 30.3 Å². The molecular weight excluding hydrogens is 246 g/mol. The Labute approximate surface area is 111 Å². The minimum Gasteiger partial charge on any atom is -0.484 e. The Morgan fingerprint density at radius 2 is 2.11 bits per heavy atom. The van der Waals surface area contributed by atoms with Crippen molar-refractivity contribution in [1.29, 1.82) is 0 Å². The first-order chi connectivity index (χ1) is 9.16. The summed E-state index contributed by atoms with van der Waals surface area (Å²) in [6.07, 6.45) is 0. The number of nitrogens with zero attached hydrogens (tertiary/aromatic N) is 1. The number of nitrogens with two attached hydrogens (primary N) is 1. The summed E-state index contributed by atoms with van der Waals surface area (Å²) in [5.74, 6) is 0.0653. The van der Waals surface area contributed by atoms with E-state index < -0.39 is 11.9 Å². The first kappa shape index (κ1) is 13.4. The molecule has 0 aliphatic carbocycles. The fraction of sp³-hybridized carbons (Fsp3) is 0.385. The van der Waals surface area contributed by atoms with E-state index >= 15 is 0 Å². The number of carbonyl (C=O) groups is 2. The lowest BCUT2D eigenvalue weighted by molar-refractivity contribution is -0.135. The molecule has 1 unspecified atom stereocenters. The molecule has 1 fully saturated rings. The number of carbonyl (C=O) groups excluding carboxylic acids is 2. The summed E-state index contributed by atoms with van der Waals surface area (Å²) >= 11 is 0. The van der Waals surface area contributed by atoms with E-state index in [4.69, 9.17) is 10.5 Å². The Morgan fingerprint density at radius 1 is 1.37 bits per heavy atom. The Kier molecular flexibility index (Phi) is 4.35. The molecule has 102 valence electrons. The third kappa shape index (κ3) is 3.69. The van der Waals surface area contributed by atoms with Crippen LogP contribution in [0, 0.1) is 0 Å². The molecule has 2 rings (SSSR count). The summed E-state index contributed by atoms with van der Waals surface area (Å²) in [5.41, 5.74) is 5.22. The standard InChI is InChI=1S/C13H17N3O3/c14-13(18)11-8-16(7-6-15-11)12(17)9-19-10-4-2-1-3-5-10/h1-5,11,15H,6-9H2,(H2,14,18). The molecule has 1 aliphatic rings. The highest BCUT2D eigenvalue weighted by Crippen LogP contribution is 2.08. The summed E-state index contributed by atoms with van der Waals surface area (Å²) in [7, 11) is 0. The van der Waals surface area contributed by atoms with Crippen LogP contribution in [0.4, 0.5) is 0 Å². The van der Waals surface area contributed by atoms with Gasteiger partial charge in [-0.15, -0.1) is 0 Å². The first-order valence-electron chi connectivity index (χ1n) is 6.15. The first-order valence-corrected chi connectivity index (χ1v) is 6.15. The fourth-order valence-corrected chi connectivity index (χ4v) is 1.92. The van der Waals surface area contributed by atoms with Crippen molar-refractivity contribution in [2.75, 3.05) is 26.2 Å². The van der Waals surface area contributed by atoms with Crippen LogP contribution in [-0.4, -0.2) is 49.0 Å². The largest absolute Gasteiger partial charge is 0.484 e. The third-order valence-electron chi connectivity index (χ3n) is 2.98. The zero-order valence-electron chi connectivity index (χ0n) is 10.5. The van der Waals surface area contributed by atoms with Gasteiger partial charge in [-0.3, -0.25) is 9.59 Å². The molecule has 1 aliphatic heterocycles. The summed E-state index contributed by atoms with van der Waals surface area (Å²) in [6.45, 7) is 1.38. The quantitative estimate of drug-likeness (QED) is 0.756. The van der Waals surface area contributed by atoms with Crippen LogP contribution in [0.5, 0.6) is 5.75 Å². The smallest absolute Gasteiger partial charge is 0.260 e. The molecule has 1 aromatic rings. The summed E-state index contributed by atoms with van der Waals surface area (Å²) in [5, 5.41) is 2.97. The maximum absolute atomic E-state index is 12.0. The number of para-hydroxylation sites is 1. The second-order valence-corrected chi connectivity index (χ2v) is 4.35. The lowest BCUT2D eigenvalue weighted by atomic mass is 10.2. The van der Waals surface area contributed by atoms with Gasteiger partial charge in [0.1, 0.15) is 11.8 Å². The Bertz CT molecular complexity index is 450. The van der Waals surface area contributed by atoms with Crippen LogP contribution in [0.2, 0.25) is 0 Å². The van der Waals surface area contributed by atoms with Gasteiger partial charge >= 0.3 is 0 Å². The predicted molar refractivity (Wildman–Crippen MR) is 69.5 cm³/mol. The van der Waals surface area contributed by atoms with Gasteiger partial charge in [0.15, 0.2) is 6.61 Å². The van der Waals surface area contributed by atoms with Crippen molar-refractivity contribution in [2.24, 2.45) is 5.73 Å². The van der Waals surface area contributed by atoms with Gasteiger partial charge < -0.3 is 20.7 Å². The molecule has 0 radical (unpaired) electrons. The van der Waals surface area contributed by atoms with Crippen molar-refractivity contribution < 1.29 is 14.3 Å². The van der Waals surface area contributed by atoms with E-state index in [-0.39, 0.29) is 12.5 Å². The molecule has 6 nitrogen and oxygen atoms in total. The molecule has 3 N–H and O–H groups in total. The lowest BCUT2D eigenvalue weighted by Crippen LogP contribution is -2.58. The number of hydrogen-bond acceptors (Lipinski definition) is 4. The van der Waals surface area contributed by atoms with Crippen molar-refractivity contribution in [3.05, 3.63) is 30.3 Å². The minimum atomic E-state index is -0.477. The molecule has 6 heteroatoms. The van der Waals surface area contributed by atoms with Crippen LogP contribution in [0.25, 0.3) is 0 Å². The van der Waals surface area contributed by atoms with Gasteiger partial charge in [0.05, 0.1) is 0 Å². The highest BCUT2D eigenvalue weighted by molar-refractivity contribution is 5.83. The van der Waals surface area contributed by atoms with Crippen LogP contribution in [0.3, 0.4) is 0 Å². The third-order valence-corrected chi connectivity index (χ3v) is 2.98. The van der Waals surface area contributed by atoms with E-state index in [9.17, 15) is 9.59 Å². The molecule has 2 amide bonds. The Morgan fingerprint density at radius 3 is 2.79 bits per heavy atom. The molecule has 0 aromatic heterocycles. The van der Waals surface area contributed by atoms with Gasteiger partial charge in [-0.1, -0.05) is 18.2 Å². The number of amides is 2. The monoisotopic (exact) mass is 263 g/mol. The predicted octanol–water partition coefficient (Wildman–Crippen LogP) is -0.649. The summed E-state index contributed by atoms with van der Waals surface area (Å²) in [6, 6.07) is 8.66. The zero-order chi connectivity index (χ0) is 13.7. The van der Waals surface area contributed by atoms with Gasteiger partial charge in [-0.25, -0.2) is 0 Å². The number of hydrogen-bond donors (Lipinski definition) is 2. The van der Waals surface area contributed by atoms with Crippen LogP contribution in [0.1, 0.15) is 0 Å². The second-order valence-electron chi connectivity index (χ2n) is 4.35. The van der Waals surface area contributed by atoms with Gasteiger partial charge in [0.25, 0.3) is 5.91 Å². The van der Waals surface area contributed by atoms with E-state index in [0.717, 1.165) is 0 Å². The normalized spacial score (nSPS) is 18.9. The SMILES string of the molecule is NC(=O)C1CN(C(=O)COc2ccccc2)CCN1. The number of piperazine rings is 1. The van der Waals surface area contributed by atoms with Crippen molar-refractivity contribution in [3.8, 4) is 5.75 Å².